The molecular formula is C8H6N2O2S. The van der Waals surface area contributed by atoms with Crippen molar-refractivity contribution in [2.45, 2.75) is 0 Å². The molecule has 0 bridgehead atoms. The molecule has 0 saturated carbocycles. The van der Waals surface area contributed by atoms with Crippen molar-refractivity contribution < 1.29 is 9.88 Å². The molecule has 0 aromatic heterocycles. The number of nitrogens with zero attached hydrogens (tertiary/aromatic N) is 2. The van der Waals surface area contributed by atoms with Crippen LogP contribution in [0.5, 0.6) is 0 Å². The standard InChI is InChI=1S/C8H6N2O2S/c9-5-7-3-1-2-4-8(7)10-12-11-6-13-10/h1-4H,6H2. The highest BCUT2D eigenvalue weighted by atomic mass is 32.2. The minimum Gasteiger partial charge on any atom is -0.199 e. The van der Waals surface area contributed by atoms with Crippen LogP contribution in [-0.4, -0.2) is 5.94 Å². The van der Waals surface area contributed by atoms with Crippen molar-refractivity contribution in [3.05, 3.63) is 29.8 Å². The number of benzene rings is 1. The van der Waals surface area contributed by atoms with Crippen molar-refractivity contribution in [1.29, 1.82) is 5.26 Å². The fraction of sp³-hybridized carbons (Fsp3) is 0.125. The molecule has 1 aromatic rings. The summed E-state index contributed by atoms with van der Waals surface area (Å²) in [6, 6.07) is 9.28. The third-order valence-electron chi connectivity index (χ3n) is 1.56. The highest BCUT2D eigenvalue weighted by Crippen LogP contribution is 2.30. The summed E-state index contributed by atoms with van der Waals surface area (Å²) in [6.45, 7) is 0. The van der Waals surface area contributed by atoms with E-state index in [0.29, 0.717) is 17.2 Å². The van der Waals surface area contributed by atoms with Gasteiger partial charge in [-0.2, -0.15) is 14.6 Å². The van der Waals surface area contributed by atoms with E-state index in [1.165, 1.54) is 16.4 Å². The van der Waals surface area contributed by atoms with Crippen LogP contribution in [0.4, 0.5) is 5.69 Å². The Morgan fingerprint density at radius 2 is 2.31 bits per heavy atom. The van der Waals surface area contributed by atoms with Gasteiger partial charge in [0.25, 0.3) is 0 Å². The van der Waals surface area contributed by atoms with Crippen LogP contribution in [-0.2, 0) is 9.88 Å². The van der Waals surface area contributed by atoms with Gasteiger partial charge in [0.1, 0.15) is 6.07 Å². The van der Waals surface area contributed by atoms with Crippen molar-refractivity contribution >= 4 is 17.6 Å². The number of para-hydroxylation sites is 1. The summed E-state index contributed by atoms with van der Waals surface area (Å²) < 4.78 is 1.48. The summed E-state index contributed by atoms with van der Waals surface area (Å²) in [7, 11) is 0. The van der Waals surface area contributed by atoms with Crippen LogP contribution in [0.2, 0.25) is 0 Å². The number of nitriles is 1. The first-order valence-corrected chi connectivity index (χ1v) is 4.58. The van der Waals surface area contributed by atoms with Gasteiger partial charge in [-0.25, -0.2) is 0 Å². The normalized spacial score (nSPS) is 15.8. The molecule has 0 amide bonds. The number of hydrogen-bond donors (Lipinski definition) is 0. The van der Waals surface area contributed by atoms with Gasteiger partial charge in [-0.3, -0.25) is 0 Å². The van der Waals surface area contributed by atoms with Crippen LogP contribution in [0.15, 0.2) is 24.3 Å². The summed E-state index contributed by atoms with van der Waals surface area (Å²) in [4.78, 5) is 9.52. The summed E-state index contributed by atoms with van der Waals surface area (Å²) >= 11 is 1.36. The Labute approximate surface area is 79.7 Å². The largest absolute Gasteiger partial charge is 0.199 e. The molecule has 0 atom stereocenters. The molecule has 1 aliphatic heterocycles. The molecule has 0 unspecified atom stereocenters. The van der Waals surface area contributed by atoms with Crippen molar-refractivity contribution in [3.63, 3.8) is 0 Å². The Balaban J connectivity index is 2.33. The van der Waals surface area contributed by atoms with E-state index in [1.807, 2.05) is 12.1 Å². The molecule has 1 saturated heterocycles. The van der Waals surface area contributed by atoms with Crippen molar-refractivity contribution in [2.75, 3.05) is 10.4 Å². The Morgan fingerprint density at radius 3 is 3.00 bits per heavy atom. The molecule has 0 aliphatic carbocycles. The van der Waals surface area contributed by atoms with Gasteiger partial charge < -0.3 is 0 Å². The second-order valence-corrected chi connectivity index (χ2v) is 3.15. The van der Waals surface area contributed by atoms with E-state index in [1.54, 1.807) is 12.1 Å². The highest BCUT2D eigenvalue weighted by molar-refractivity contribution is 8.00. The average molecular weight is 194 g/mol. The van der Waals surface area contributed by atoms with E-state index >= 15 is 0 Å². The fourth-order valence-electron chi connectivity index (χ4n) is 0.997. The van der Waals surface area contributed by atoms with Crippen LogP contribution in [0.1, 0.15) is 5.56 Å². The molecule has 0 N–H and O–H groups in total. The third kappa shape index (κ3) is 1.60. The van der Waals surface area contributed by atoms with Crippen LogP contribution < -0.4 is 4.47 Å². The lowest BCUT2D eigenvalue weighted by Gasteiger charge is -2.11. The average Bonchev–Trinajstić information content (AvgIpc) is 2.70. The van der Waals surface area contributed by atoms with E-state index in [-0.39, 0.29) is 0 Å². The molecule has 1 aliphatic rings. The molecule has 66 valence electrons. The van der Waals surface area contributed by atoms with E-state index in [9.17, 15) is 0 Å². The van der Waals surface area contributed by atoms with Gasteiger partial charge in [0, 0.05) is 11.9 Å². The molecule has 5 heteroatoms. The van der Waals surface area contributed by atoms with E-state index < -0.39 is 0 Å². The smallest absolute Gasteiger partial charge is 0.152 e. The molecule has 13 heavy (non-hydrogen) atoms. The van der Waals surface area contributed by atoms with Crippen LogP contribution in [0.25, 0.3) is 0 Å². The topological polar surface area (TPSA) is 45.5 Å². The lowest BCUT2D eigenvalue weighted by Crippen LogP contribution is -2.08. The molecule has 1 heterocycles. The van der Waals surface area contributed by atoms with Crippen molar-refractivity contribution in [2.24, 2.45) is 0 Å². The molecule has 1 aromatic carbocycles. The first-order chi connectivity index (χ1) is 6.42. The summed E-state index contributed by atoms with van der Waals surface area (Å²) in [5.41, 5.74) is 1.29. The van der Waals surface area contributed by atoms with Gasteiger partial charge in [0.15, 0.2) is 5.94 Å². The van der Waals surface area contributed by atoms with Gasteiger partial charge in [-0.05, 0) is 12.1 Å². The molecule has 1 fully saturated rings. The predicted octanol–water partition coefficient (Wildman–Crippen LogP) is 1.85. The maximum absolute atomic E-state index is 8.80. The molecule has 2 rings (SSSR count). The number of anilines is 1. The quantitative estimate of drug-likeness (QED) is 0.504. The lowest BCUT2D eigenvalue weighted by molar-refractivity contribution is -0.258. The first-order valence-electron chi connectivity index (χ1n) is 3.63. The third-order valence-corrected chi connectivity index (χ3v) is 2.25. The Bertz CT molecular complexity index is 344. The molecule has 0 spiro atoms. The SMILES string of the molecule is N#Cc1ccccc1N1OOCS1. The minimum absolute atomic E-state index is 0.444. The monoisotopic (exact) mass is 194 g/mol. The highest BCUT2D eigenvalue weighted by Gasteiger charge is 2.18. The van der Waals surface area contributed by atoms with Gasteiger partial charge in [-0.1, -0.05) is 17.1 Å². The van der Waals surface area contributed by atoms with Gasteiger partial charge >= 0.3 is 0 Å². The maximum atomic E-state index is 8.80. The van der Waals surface area contributed by atoms with E-state index in [2.05, 4.69) is 6.07 Å². The zero-order valence-electron chi connectivity index (χ0n) is 6.64. The second-order valence-electron chi connectivity index (χ2n) is 2.33. The fourth-order valence-corrected chi connectivity index (χ4v) is 1.56. The first kappa shape index (κ1) is 8.38. The number of hydrogen-bond acceptors (Lipinski definition) is 5. The predicted molar refractivity (Wildman–Crippen MR) is 48.3 cm³/mol. The Kier molecular flexibility index (Phi) is 2.36. The molecule has 0 radical (unpaired) electrons. The van der Waals surface area contributed by atoms with Gasteiger partial charge in [0.05, 0.1) is 11.3 Å². The lowest BCUT2D eigenvalue weighted by atomic mass is 10.2. The van der Waals surface area contributed by atoms with Gasteiger partial charge in [-0.15, -0.1) is 0 Å². The molecular weight excluding hydrogens is 188 g/mol. The second kappa shape index (κ2) is 3.66. The number of rotatable bonds is 1. The maximum Gasteiger partial charge on any atom is 0.152 e. The van der Waals surface area contributed by atoms with E-state index in [4.69, 9.17) is 15.1 Å². The van der Waals surface area contributed by atoms with Crippen molar-refractivity contribution in [3.8, 4) is 6.07 Å². The van der Waals surface area contributed by atoms with Crippen LogP contribution in [0.3, 0.4) is 0 Å². The Hall–Kier alpha value is -1.22. The van der Waals surface area contributed by atoms with Gasteiger partial charge in [0.2, 0.25) is 0 Å². The molecule has 4 nitrogen and oxygen atoms in total. The van der Waals surface area contributed by atoms with Crippen LogP contribution in [0, 0.1) is 11.3 Å². The Morgan fingerprint density at radius 1 is 1.46 bits per heavy atom. The summed E-state index contributed by atoms with van der Waals surface area (Å²) in [5.74, 6) is 0.444. The zero-order chi connectivity index (χ0) is 9.10. The van der Waals surface area contributed by atoms with Crippen molar-refractivity contribution in [1.82, 2.24) is 0 Å². The minimum atomic E-state index is 0.444. The van der Waals surface area contributed by atoms with E-state index in [0.717, 1.165) is 0 Å². The summed E-state index contributed by atoms with van der Waals surface area (Å²) in [6.07, 6.45) is 0. The van der Waals surface area contributed by atoms with Crippen LogP contribution >= 0.6 is 11.9 Å². The zero-order valence-corrected chi connectivity index (χ0v) is 7.45. The summed E-state index contributed by atoms with van der Waals surface area (Å²) in [5, 5.41) is 8.80.